The second-order valence-electron chi connectivity index (χ2n) is 5.64. The number of rotatable bonds is 3. The Morgan fingerprint density at radius 2 is 1.89 bits per heavy atom. The van der Waals surface area contributed by atoms with Crippen molar-refractivity contribution in [3.63, 3.8) is 0 Å². The molecule has 1 aliphatic rings. The summed E-state index contributed by atoms with van der Waals surface area (Å²) in [5, 5.41) is 0. The van der Waals surface area contributed by atoms with Crippen LogP contribution >= 0.6 is 0 Å². The number of nitrogens with zero attached hydrogens (tertiary/aromatic N) is 1. The first-order valence-corrected chi connectivity index (χ1v) is 7.87. The van der Waals surface area contributed by atoms with Crippen molar-refractivity contribution in [3.8, 4) is 0 Å². The molecule has 1 aromatic carbocycles. The van der Waals surface area contributed by atoms with E-state index in [1.165, 1.54) is 11.1 Å². The standard InChI is InChI=1S/C14H19NO3S/c1-10-5-6-13-12(9-10)14(3,4)11(2)15(13)7-8-19(16,17)18/h5-6,9H,7-8H2,1-4H3. The van der Waals surface area contributed by atoms with Gasteiger partial charge in [-0.2, -0.15) is 4.58 Å². The van der Waals surface area contributed by atoms with Crippen molar-refractivity contribution >= 4 is 21.5 Å². The summed E-state index contributed by atoms with van der Waals surface area (Å²) in [4.78, 5) is 0. The number of benzene rings is 1. The maximum absolute atomic E-state index is 10.8. The first-order chi connectivity index (χ1) is 8.63. The highest BCUT2D eigenvalue weighted by Gasteiger charge is 2.42. The molecule has 104 valence electrons. The predicted molar refractivity (Wildman–Crippen MR) is 74.2 cm³/mol. The highest BCUT2D eigenvalue weighted by atomic mass is 32.2. The molecule has 0 bridgehead atoms. The smallest absolute Gasteiger partial charge is 0.209 e. The third-order valence-corrected chi connectivity index (χ3v) is 4.67. The van der Waals surface area contributed by atoms with Gasteiger partial charge in [0.1, 0.15) is 10.1 Å². The van der Waals surface area contributed by atoms with Crippen molar-refractivity contribution in [2.45, 2.75) is 33.1 Å². The van der Waals surface area contributed by atoms with Gasteiger partial charge in [-0.1, -0.05) is 11.6 Å². The molecule has 0 unspecified atom stereocenters. The molecule has 0 spiro atoms. The molecular weight excluding hydrogens is 262 g/mol. The molecule has 0 fully saturated rings. The third-order valence-electron chi connectivity index (χ3n) is 3.99. The van der Waals surface area contributed by atoms with E-state index in [0.29, 0.717) is 0 Å². The van der Waals surface area contributed by atoms with Crippen LogP contribution < -0.4 is 0 Å². The van der Waals surface area contributed by atoms with Crippen LogP contribution in [0.4, 0.5) is 5.69 Å². The fourth-order valence-electron chi connectivity index (χ4n) is 2.59. The number of aryl methyl sites for hydroxylation is 1. The lowest BCUT2D eigenvalue weighted by Gasteiger charge is -2.15. The molecule has 0 saturated carbocycles. The fraction of sp³-hybridized carbons (Fsp3) is 0.500. The zero-order valence-electron chi connectivity index (χ0n) is 11.7. The molecule has 2 rings (SSSR count). The monoisotopic (exact) mass is 281 g/mol. The zero-order chi connectivity index (χ0) is 14.4. The van der Waals surface area contributed by atoms with E-state index in [-0.39, 0.29) is 17.7 Å². The summed E-state index contributed by atoms with van der Waals surface area (Å²) in [6.07, 6.45) is 0. The van der Waals surface area contributed by atoms with E-state index in [2.05, 4.69) is 19.9 Å². The molecule has 0 N–H and O–H groups in total. The van der Waals surface area contributed by atoms with E-state index in [9.17, 15) is 13.0 Å². The van der Waals surface area contributed by atoms with Crippen molar-refractivity contribution in [2.24, 2.45) is 0 Å². The second-order valence-corrected chi connectivity index (χ2v) is 7.17. The Kier molecular flexibility index (Phi) is 3.31. The Bertz CT molecular complexity index is 657. The van der Waals surface area contributed by atoms with Gasteiger partial charge in [-0.3, -0.25) is 0 Å². The van der Waals surface area contributed by atoms with Crippen LogP contribution in [0.3, 0.4) is 0 Å². The molecule has 0 saturated heterocycles. The molecule has 0 aliphatic carbocycles. The van der Waals surface area contributed by atoms with Crippen molar-refractivity contribution in [3.05, 3.63) is 29.3 Å². The van der Waals surface area contributed by atoms with Gasteiger partial charge in [0.25, 0.3) is 0 Å². The Labute approximate surface area is 114 Å². The van der Waals surface area contributed by atoms with Crippen molar-refractivity contribution < 1.29 is 17.5 Å². The lowest BCUT2D eigenvalue weighted by molar-refractivity contribution is -0.433. The molecule has 0 atom stereocenters. The molecule has 1 aromatic rings. The molecular formula is C14H19NO3S. The summed E-state index contributed by atoms with van der Waals surface area (Å²) in [5.74, 6) is -0.367. The molecule has 4 nitrogen and oxygen atoms in total. The summed E-state index contributed by atoms with van der Waals surface area (Å²) in [6.45, 7) is 8.49. The van der Waals surface area contributed by atoms with Gasteiger partial charge in [0, 0.05) is 18.6 Å². The second kappa shape index (κ2) is 4.42. The van der Waals surface area contributed by atoms with Crippen LogP contribution in [0.5, 0.6) is 0 Å². The van der Waals surface area contributed by atoms with E-state index in [1.807, 2.05) is 30.6 Å². The lowest BCUT2D eigenvalue weighted by atomic mass is 9.82. The average Bonchev–Trinajstić information content (AvgIpc) is 2.45. The average molecular weight is 281 g/mol. The fourth-order valence-corrected chi connectivity index (χ4v) is 3.00. The Morgan fingerprint density at radius 3 is 2.47 bits per heavy atom. The van der Waals surface area contributed by atoms with Crippen LogP contribution in [0.25, 0.3) is 0 Å². The van der Waals surface area contributed by atoms with Gasteiger partial charge >= 0.3 is 0 Å². The van der Waals surface area contributed by atoms with Crippen LogP contribution in [-0.4, -0.2) is 35.6 Å². The van der Waals surface area contributed by atoms with Crippen molar-refractivity contribution in [2.75, 3.05) is 12.3 Å². The molecule has 0 amide bonds. The summed E-state index contributed by atoms with van der Waals surface area (Å²) in [5.41, 5.74) is 4.33. The van der Waals surface area contributed by atoms with E-state index in [0.717, 1.165) is 11.4 Å². The molecule has 1 aliphatic heterocycles. The highest BCUT2D eigenvalue weighted by molar-refractivity contribution is 7.85. The van der Waals surface area contributed by atoms with Crippen LogP contribution in [-0.2, 0) is 15.5 Å². The summed E-state index contributed by atoms with van der Waals surface area (Å²) >= 11 is 0. The van der Waals surface area contributed by atoms with Gasteiger partial charge in [-0.05, 0) is 26.8 Å². The van der Waals surface area contributed by atoms with Crippen LogP contribution in [0, 0.1) is 6.92 Å². The van der Waals surface area contributed by atoms with Gasteiger partial charge in [-0.15, -0.1) is 0 Å². The van der Waals surface area contributed by atoms with Crippen LogP contribution in [0.15, 0.2) is 18.2 Å². The van der Waals surface area contributed by atoms with Crippen molar-refractivity contribution in [1.82, 2.24) is 0 Å². The van der Waals surface area contributed by atoms with Gasteiger partial charge in [0.05, 0.1) is 11.2 Å². The normalized spacial score (nSPS) is 17.7. The SMILES string of the molecule is CC1=[N+](CCS(=O)(=O)[O-])c2ccc(C)cc2C1(C)C. The van der Waals surface area contributed by atoms with E-state index < -0.39 is 10.1 Å². The minimum Gasteiger partial charge on any atom is -0.748 e. The maximum Gasteiger partial charge on any atom is 0.209 e. The quantitative estimate of drug-likeness (QED) is 0.628. The predicted octanol–water partition coefficient (Wildman–Crippen LogP) is 1.94. The van der Waals surface area contributed by atoms with E-state index in [4.69, 9.17) is 0 Å². The molecule has 0 aromatic heterocycles. The first kappa shape index (κ1) is 14.2. The van der Waals surface area contributed by atoms with Gasteiger partial charge in [0.2, 0.25) is 5.69 Å². The number of hydrogen-bond donors (Lipinski definition) is 0. The Morgan fingerprint density at radius 1 is 1.26 bits per heavy atom. The number of hydrogen-bond acceptors (Lipinski definition) is 3. The lowest BCUT2D eigenvalue weighted by Crippen LogP contribution is -2.28. The third kappa shape index (κ3) is 2.58. The minimum absolute atomic E-state index is 0.131. The topological polar surface area (TPSA) is 60.2 Å². The molecule has 19 heavy (non-hydrogen) atoms. The zero-order valence-corrected chi connectivity index (χ0v) is 12.5. The van der Waals surface area contributed by atoms with Crippen LogP contribution in [0.1, 0.15) is 31.9 Å². The van der Waals surface area contributed by atoms with Gasteiger partial charge < -0.3 is 4.55 Å². The summed E-state index contributed by atoms with van der Waals surface area (Å²) in [7, 11) is -4.19. The van der Waals surface area contributed by atoms with Crippen LogP contribution in [0.2, 0.25) is 0 Å². The molecule has 5 heteroatoms. The largest absolute Gasteiger partial charge is 0.748 e. The minimum atomic E-state index is -4.19. The highest BCUT2D eigenvalue weighted by Crippen LogP contribution is 2.39. The Balaban J connectivity index is 2.47. The van der Waals surface area contributed by atoms with E-state index >= 15 is 0 Å². The summed E-state index contributed by atoms with van der Waals surface area (Å²) in [6, 6.07) is 6.14. The first-order valence-electron chi connectivity index (χ1n) is 6.29. The molecule has 1 heterocycles. The van der Waals surface area contributed by atoms with Gasteiger partial charge in [0.15, 0.2) is 12.3 Å². The number of fused-ring (bicyclic) bond motifs is 1. The van der Waals surface area contributed by atoms with Gasteiger partial charge in [-0.25, -0.2) is 8.42 Å². The summed E-state index contributed by atoms with van der Waals surface area (Å²) < 4.78 is 34.4. The van der Waals surface area contributed by atoms with E-state index in [1.54, 1.807) is 0 Å². The Hall–Kier alpha value is -1.20. The molecule has 0 radical (unpaired) electrons. The maximum atomic E-state index is 10.8. The van der Waals surface area contributed by atoms with Crippen molar-refractivity contribution in [1.29, 1.82) is 0 Å².